The first-order valence-corrected chi connectivity index (χ1v) is 12.5. The van der Waals surface area contributed by atoms with Crippen molar-refractivity contribution >= 4 is 45.2 Å². The number of hydrogen-bond acceptors (Lipinski definition) is 5. The van der Waals surface area contributed by atoms with Gasteiger partial charge in [-0.3, -0.25) is 9.59 Å². The Hall–Kier alpha value is -2.95. The summed E-state index contributed by atoms with van der Waals surface area (Å²) < 4.78 is 0.877. The molecule has 1 aromatic heterocycles. The van der Waals surface area contributed by atoms with Gasteiger partial charge in [0.05, 0.1) is 16.5 Å². The molecule has 1 aliphatic carbocycles. The number of carbonyl (C=O) groups is 2. The third-order valence-electron chi connectivity index (χ3n) is 6.19. The van der Waals surface area contributed by atoms with Crippen LogP contribution in [0.1, 0.15) is 41.1 Å². The lowest BCUT2D eigenvalue weighted by Crippen LogP contribution is -2.31. The topological polar surface area (TPSA) is 74.1 Å². The van der Waals surface area contributed by atoms with Gasteiger partial charge in [0, 0.05) is 16.6 Å². The van der Waals surface area contributed by atoms with Crippen LogP contribution in [0.15, 0.2) is 70.2 Å². The first kappa shape index (κ1) is 21.9. The van der Waals surface area contributed by atoms with Crippen LogP contribution in [0.3, 0.4) is 0 Å². The molecular weight excluding hydrogens is 498 g/mol. The minimum Gasteiger partial charge on any atom is -0.274 e. The molecular formula is C26H20BrN3O2S. The van der Waals surface area contributed by atoms with E-state index in [1.807, 2.05) is 12.1 Å². The monoisotopic (exact) mass is 517 g/mol. The smallest absolute Gasteiger partial charge is 0.247 e. The lowest BCUT2D eigenvalue weighted by atomic mass is 9.82. The molecule has 1 aliphatic heterocycles. The van der Waals surface area contributed by atoms with Crippen LogP contribution in [0.2, 0.25) is 0 Å². The fourth-order valence-electron chi connectivity index (χ4n) is 4.52. The van der Waals surface area contributed by atoms with Crippen molar-refractivity contribution in [1.82, 2.24) is 4.98 Å². The number of halogens is 1. The largest absolute Gasteiger partial charge is 0.274 e. The van der Waals surface area contributed by atoms with E-state index in [-0.39, 0.29) is 18.2 Å². The molecule has 0 bridgehead atoms. The highest BCUT2D eigenvalue weighted by Crippen LogP contribution is 2.38. The first-order valence-electron chi connectivity index (χ1n) is 10.8. The van der Waals surface area contributed by atoms with Gasteiger partial charge in [-0.15, -0.1) is 0 Å². The van der Waals surface area contributed by atoms with Crippen LogP contribution in [0.4, 0.5) is 5.69 Å². The normalized spacial score (nSPS) is 19.9. The lowest BCUT2D eigenvalue weighted by Gasteiger charge is -2.25. The second kappa shape index (κ2) is 9.12. The van der Waals surface area contributed by atoms with Crippen LogP contribution in [-0.4, -0.2) is 22.0 Å². The van der Waals surface area contributed by atoms with Crippen molar-refractivity contribution in [2.45, 2.75) is 41.9 Å². The van der Waals surface area contributed by atoms with Gasteiger partial charge >= 0.3 is 0 Å². The van der Waals surface area contributed by atoms with Crippen molar-refractivity contribution in [3.05, 3.63) is 87.5 Å². The SMILES string of the molecule is N#Cc1cc2c(nc1SC1CC(=O)N(c3ccc(Br)cc3)C1=O)CCC(c1ccccc1)C2. The molecule has 2 heterocycles. The Balaban J connectivity index is 1.37. The Morgan fingerprint density at radius 2 is 1.82 bits per heavy atom. The Bertz CT molecular complexity index is 1270. The Morgan fingerprint density at radius 3 is 2.55 bits per heavy atom. The molecule has 2 aliphatic rings. The summed E-state index contributed by atoms with van der Waals surface area (Å²) in [5.41, 5.74) is 4.42. The van der Waals surface area contributed by atoms with Crippen molar-refractivity contribution < 1.29 is 9.59 Å². The molecule has 7 heteroatoms. The predicted octanol–water partition coefficient (Wildman–Crippen LogP) is 5.41. The summed E-state index contributed by atoms with van der Waals surface area (Å²) in [5, 5.41) is 9.74. The van der Waals surface area contributed by atoms with Crippen molar-refractivity contribution in [2.75, 3.05) is 4.90 Å². The van der Waals surface area contributed by atoms with E-state index in [2.05, 4.69) is 46.3 Å². The minimum absolute atomic E-state index is 0.0965. The molecule has 2 atom stereocenters. The highest BCUT2D eigenvalue weighted by molar-refractivity contribution is 9.10. The average molecular weight is 518 g/mol. The zero-order valence-electron chi connectivity index (χ0n) is 17.7. The molecule has 2 unspecified atom stereocenters. The van der Waals surface area contributed by atoms with Gasteiger partial charge in [0.15, 0.2) is 0 Å². The zero-order valence-corrected chi connectivity index (χ0v) is 20.1. The van der Waals surface area contributed by atoms with E-state index in [4.69, 9.17) is 4.98 Å². The van der Waals surface area contributed by atoms with Gasteiger partial charge in [-0.25, -0.2) is 9.88 Å². The molecule has 0 radical (unpaired) electrons. The molecule has 5 nitrogen and oxygen atoms in total. The van der Waals surface area contributed by atoms with Gasteiger partial charge < -0.3 is 0 Å². The summed E-state index contributed by atoms with van der Waals surface area (Å²) in [6.45, 7) is 0. The predicted molar refractivity (Wildman–Crippen MR) is 131 cm³/mol. The second-order valence-corrected chi connectivity index (χ2v) is 10.4. The number of amides is 2. The van der Waals surface area contributed by atoms with E-state index in [9.17, 15) is 14.9 Å². The van der Waals surface area contributed by atoms with E-state index in [1.54, 1.807) is 24.3 Å². The van der Waals surface area contributed by atoms with Crippen LogP contribution in [0.25, 0.3) is 0 Å². The number of imide groups is 1. The number of carbonyl (C=O) groups excluding carboxylic acids is 2. The van der Waals surface area contributed by atoms with Gasteiger partial charge in [0.1, 0.15) is 11.1 Å². The maximum absolute atomic E-state index is 13.1. The fourth-order valence-corrected chi connectivity index (χ4v) is 5.88. The number of benzene rings is 2. The van der Waals surface area contributed by atoms with Crippen molar-refractivity contribution in [3.8, 4) is 6.07 Å². The molecule has 1 saturated heterocycles. The van der Waals surface area contributed by atoms with Gasteiger partial charge in [0.25, 0.3) is 0 Å². The summed E-state index contributed by atoms with van der Waals surface area (Å²) in [4.78, 5) is 31.7. The highest BCUT2D eigenvalue weighted by atomic mass is 79.9. The van der Waals surface area contributed by atoms with Gasteiger partial charge in [-0.1, -0.05) is 58.0 Å². The molecule has 2 amide bonds. The third kappa shape index (κ3) is 4.33. The maximum Gasteiger partial charge on any atom is 0.247 e. The molecule has 2 aromatic carbocycles. The summed E-state index contributed by atoms with van der Waals surface area (Å²) >= 11 is 4.60. The number of anilines is 1. The van der Waals surface area contributed by atoms with E-state index in [1.165, 1.54) is 22.2 Å². The molecule has 33 heavy (non-hydrogen) atoms. The van der Waals surface area contributed by atoms with Crippen LogP contribution >= 0.6 is 27.7 Å². The molecule has 0 saturated carbocycles. The molecule has 5 rings (SSSR count). The van der Waals surface area contributed by atoms with Gasteiger partial charge in [-0.05, 0) is 66.6 Å². The number of thioether (sulfide) groups is 1. The van der Waals surface area contributed by atoms with Crippen LogP contribution in [-0.2, 0) is 22.4 Å². The second-order valence-electron chi connectivity index (χ2n) is 8.26. The van der Waals surface area contributed by atoms with Crippen LogP contribution in [0, 0.1) is 11.3 Å². The lowest BCUT2D eigenvalue weighted by molar-refractivity contribution is -0.121. The van der Waals surface area contributed by atoms with Gasteiger partial charge in [-0.2, -0.15) is 5.26 Å². The zero-order chi connectivity index (χ0) is 22.9. The van der Waals surface area contributed by atoms with Crippen LogP contribution in [0.5, 0.6) is 0 Å². The maximum atomic E-state index is 13.1. The van der Waals surface area contributed by atoms with Crippen LogP contribution < -0.4 is 4.90 Å². The Kier molecular flexibility index (Phi) is 6.05. The highest BCUT2D eigenvalue weighted by Gasteiger charge is 2.41. The van der Waals surface area contributed by atoms with E-state index < -0.39 is 5.25 Å². The average Bonchev–Trinajstić information content (AvgIpc) is 3.12. The van der Waals surface area contributed by atoms with Crippen molar-refractivity contribution in [2.24, 2.45) is 0 Å². The number of hydrogen-bond donors (Lipinski definition) is 0. The van der Waals surface area contributed by atoms with Crippen molar-refractivity contribution in [3.63, 3.8) is 0 Å². The number of rotatable bonds is 4. The summed E-state index contributed by atoms with van der Waals surface area (Å²) in [7, 11) is 0. The number of nitriles is 1. The minimum atomic E-state index is -0.584. The molecule has 164 valence electrons. The fraction of sp³-hybridized carbons (Fsp3) is 0.231. The molecule has 0 N–H and O–H groups in total. The van der Waals surface area contributed by atoms with E-state index >= 15 is 0 Å². The standard InChI is InChI=1S/C26H20BrN3O2S/c27-20-7-9-21(10-8-20)30-24(31)14-23(26(30)32)33-25-19(15-28)13-18-12-17(6-11-22(18)29-25)16-4-2-1-3-5-16/h1-5,7-10,13,17,23H,6,11-12,14H2. The Morgan fingerprint density at radius 1 is 1.06 bits per heavy atom. The quantitative estimate of drug-likeness (QED) is 0.432. The van der Waals surface area contributed by atoms with E-state index in [0.717, 1.165) is 35.0 Å². The van der Waals surface area contributed by atoms with Gasteiger partial charge in [0.2, 0.25) is 11.8 Å². The molecule has 0 spiro atoms. The molecule has 3 aromatic rings. The Labute approximate surface area is 205 Å². The molecule has 1 fully saturated rings. The number of fused-ring (bicyclic) bond motifs is 1. The summed E-state index contributed by atoms with van der Waals surface area (Å²) in [6.07, 6.45) is 2.78. The first-order chi connectivity index (χ1) is 16.0. The summed E-state index contributed by atoms with van der Waals surface area (Å²) in [5.74, 6) is -0.0825. The third-order valence-corrected chi connectivity index (χ3v) is 7.90. The number of pyridine rings is 1. The van der Waals surface area contributed by atoms with Crippen molar-refractivity contribution in [1.29, 1.82) is 5.26 Å². The number of nitrogens with zero attached hydrogens (tertiary/aromatic N) is 3. The van der Waals surface area contributed by atoms with E-state index in [0.29, 0.717) is 22.2 Å². The summed E-state index contributed by atoms with van der Waals surface area (Å²) in [6, 6.07) is 21.7. The number of aryl methyl sites for hydroxylation is 1. The number of aromatic nitrogens is 1.